The molecule has 4 heteroatoms. The first-order chi connectivity index (χ1) is 10.2. The predicted molar refractivity (Wildman–Crippen MR) is 84.5 cm³/mol. The number of anilines is 1. The van der Waals surface area contributed by atoms with Crippen LogP contribution in [0.5, 0.6) is 5.75 Å². The molecule has 0 aliphatic carbocycles. The van der Waals surface area contributed by atoms with Crippen LogP contribution in [0.3, 0.4) is 0 Å². The first-order valence-corrected chi connectivity index (χ1v) is 6.92. The molecule has 2 aromatic rings. The van der Waals surface area contributed by atoms with Crippen molar-refractivity contribution in [2.45, 2.75) is 13.0 Å². The van der Waals surface area contributed by atoms with Crippen LogP contribution in [-0.4, -0.2) is 19.6 Å². The van der Waals surface area contributed by atoms with Gasteiger partial charge in [0.2, 0.25) is 5.91 Å². The van der Waals surface area contributed by atoms with E-state index in [9.17, 15) is 4.79 Å². The van der Waals surface area contributed by atoms with Crippen LogP contribution in [-0.2, 0) is 4.79 Å². The Morgan fingerprint density at radius 1 is 1.10 bits per heavy atom. The average molecular weight is 284 g/mol. The lowest BCUT2D eigenvalue weighted by Crippen LogP contribution is -2.32. The molecule has 0 aliphatic rings. The summed E-state index contributed by atoms with van der Waals surface area (Å²) in [5.74, 6) is 0.721. The van der Waals surface area contributed by atoms with Gasteiger partial charge in [-0.1, -0.05) is 36.4 Å². The van der Waals surface area contributed by atoms with E-state index >= 15 is 0 Å². The van der Waals surface area contributed by atoms with E-state index in [1.807, 2.05) is 61.5 Å². The highest BCUT2D eigenvalue weighted by molar-refractivity contribution is 5.81. The number of rotatable bonds is 6. The highest BCUT2D eigenvalue weighted by Crippen LogP contribution is 2.24. The van der Waals surface area contributed by atoms with Gasteiger partial charge in [0.25, 0.3) is 0 Å². The molecule has 0 heterocycles. The Morgan fingerprint density at radius 3 is 2.48 bits per heavy atom. The van der Waals surface area contributed by atoms with E-state index in [0.717, 1.165) is 17.0 Å². The third-order valence-electron chi connectivity index (χ3n) is 3.21. The molecule has 2 aromatic carbocycles. The molecule has 0 aliphatic heterocycles. The fourth-order valence-corrected chi connectivity index (χ4v) is 2.13. The molecule has 110 valence electrons. The molecule has 0 spiro atoms. The fraction of sp³-hybridized carbons (Fsp3) is 0.235. The Hall–Kier alpha value is -2.49. The van der Waals surface area contributed by atoms with E-state index in [2.05, 4.69) is 10.6 Å². The maximum Gasteiger partial charge on any atom is 0.239 e. The van der Waals surface area contributed by atoms with Crippen molar-refractivity contribution in [1.82, 2.24) is 5.32 Å². The smallest absolute Gasteiger partial charge is 0.239 e. The molecule has 0 fully saturated rings. The minimum absolute atomic E-state index is 0.0581. The van der Waals surface area contributed by atoms with Crippen LogP contribution in [0, 0.1) is 0 Å². The first kappa shape index (κ1) is 14.9. The number of methoxy groups -OCH3 is 1. The van der Waals surface area contributed by atoms with Crippen molar-refractivity contribution in [3.63, 3.8) is 0 Å². The number of para-hydroxylation sites is 2. The van der Waals surface area contributed by atoms with Crippen molar-refractivity contribution in [1.29, 1.82) is 0 Å². The van der Waals surface area contributed by atoms with E-state index in [1.165, 1.54) is 0 Å². The van der Waals surface area contributed by atoms with Gasteiger partial charge in [-0.25, -0.2) is 0 Å². The van der Waals surface area contributed by atoms with E-state index in [4.69, 9.17) is 4.74 Å². The van der Waals surface area contributed by atoms with Crippen LogP contribution in [0.25, 0.3) is 0 Å². The maximum absolute atomic E-state index is 12.0. The van der Waals surface area contributed by atoms with Crippen molar-refractivity contribution >= 4 is 11.6 Å². The fourth-order valence-electron chi connectivity index (χ4n) is 2.13. The Balaban J connectivity index is 1.90. The molecule has 0 saturated carbocycles. The van der Waals surface area contributed by atoms with E-state index < -0.39 is 0 Å². The molecule has 1 amide bonds. The molecule has 2 N–H and O–H groups in total. The maximum atomic E-state index is 12.0. The largest absolute Gasteiger partial charge is 0.496 e. The van der Waals surface area contributed by atoms with Gasteiger partial charge < -0.3 is 15.4 Å². The van der Waals surface area contributed by atoms with Crippen molar-refractivity contribution < 1.29 is 9.53 Å². The van der Waals surface area contributed by atoms with Crippen LogP contribution < -0.4 is 15.4 Å². The average Bonchev–Trinajstić information content (AvgIpc) is 2.53. The van der Waals surface area contributed by atoms with Crippen molar-refractivity contribution in [2.24, 2.45) is 0 Å². The molecule has 0 bridgehead atoms. The molecule has 21 heavy (non-hydrogen) atoms. The van der Waals surface area contributed by atoms with Gasteiger partial charge in [-0.15, -0.1) is 0 Å². The lowest BCUT2D eigenvalue weighted by molar-refractivity contribution is -0.120. The van der Waals surface area contributed by atoms with Gasteiger partial charge in [-0.2, -0.15) is 0 Å². The highest BCUT2D eigenvalue weighted by atomic mass is 16.5. The van der Waals surface area contributed by atoms with E-state index in [1.54, 1.807) is 7.11 Å². The van der Waals surface area contributed by atoms with Crippen LogP contribution in [0.4, 0.5) is 5.69 Å². The Bertz CT molecular complexity index is 584. The lowest BCUT2D eigenvalue weighted by Gasteiger charge is -2.17. The standard InChI is InChI=1S/C17H20N2O2/c1-13(15-10-6-7-11-16(15)21-2)19-17(20)12-18-14-8-4-3-5-9-14/h3-11,13,18H,12H2,1-2H3,(H,19,20). The summed E-state index contributed by atoms with van der Waals surface area (Å²) in [4.78, 5) is 12.0. The number of carbonyl (C=O) groups excluding carboxylic acids is 1. The summed E-state index contributed by atoms with van der Waals surface area (Å²) in [5, 5.41) is 6.05. The molecule has 0 saturated heterocycles. The summed E-state index contributed by atoms with van der Waals surface area (Å²) < 4.78 is 5.31. The van der Waals surface area contributed by atoms with Gasteiger partial charge in [0.05, 0.1) is 19.7 Å². The summed E-state index contributed by atoms with van der Waals surface area (Å²) in [6.07, 6.45) is 0. The van der Waals surface area contributed by atoms with Crippen molar-refractivity contribution in [2.75, 3.05) is 19.0 Å². The third-order valence-corrected chi connectivity index (χ3v) is 3.21. The van der Waals surface area contributed by atoms with Crippen LogP contribution >= 0.6 is 0 Å². The van der Waals surface area contributed by atoms with Gasteiger partial charge in [0, 0.05) is 11.3 Å². The quantitative estimate of drug-likeness (QED) is 0.857. The molecule has 0 radical (unpaired) electrons. The zero-order valence-electron chi connectivity index (χ0n) is 12.3. The van der Waals surface area contributed by atoms with Gasteiger partial charge in [0.15, 0.2) is 0 Å². The highest BCUT2D eigenvalue weighted by Gasteiger charge is 2.13. The second-order valence-electron chi connectivity index (χ2n) is 4.75. The molecule has 0 aromatic heterocycles. The molecule has 4 nitrogen and oxygen atoms in total. The van der Waals surface area contributed by atoms with Gasteiger partial charge in [-0.05, 0) is 25.1 Å². The third kappa shape index (κ3) is 4.24. The van der Waals surface area contributed by atoms with Gasteiger partial charge >= 0.3 is 0 Å². The van der Waals surface area contributed by atoms with Crippen molar-refractivity contribution in [3.05, 3.63) is 60.2 Å². The van der Waals surface area contributed by atoms with Gasteiger partial charge in [0.1, 0.15) is 5.75 Å². The molecular weight excluding hydrogens is 264 g/mol. The SMILES string of the molecule is COc1ccccc1C(C)NC(=O)CNc1ccccc1. The topological polar surface area (TPSA) is 50.4 Å². The number of hydrogen-bond acceptors (Lipinski definition) is 3. The normalized spacial score (nSPS) is 11.5. The number of amides is 1. The number of carbonyl (C=O) groups is 1. The lowest BCUT2D eigenvalue weighted by atomic mass is 10.1. The second-order valence-corrected chi connectivity index (χ2v) is 4.75. The monoisotopic (exact) mass is 284 g/mol. The first-order valence-electron chi connectivity index (χ1n) is 6.92. The number of nitrogens with one attached hydrogen (secondary N) is 2. The van der Waals surface area contributed by atoms with E-state index in [-0.39, 0.29) is 18.5 Å². The summed E-state index contributed by atoms with van der Waals surface area (Å²) in [7, 11) is 1.63. The van der Waals surface area contributed by atoms with Crippen LogP contribution in [0.2, 0.25) is 0 Å². The van der Waals surface area contributed by atoms with Gasteiger partial charge in [-0.3, -0.25) is 4.79 Å². The summed E-state index contributed by atoms with van der Waals surface area (Å²) >= 11 is 0. The molecule has 2 rings (SSSR count). The minimum Gasteiger partial charge on any atom is -0.496 e. The Morgan fingerprint density at radius 2 is 1.76 bits per heavy atom. The Labute approximate surface area is 125 Å². The summed E-state index contributed by atoms with van der Waals surface area (Å²) in [6, 6.07) is 17.2. The minimum atomic E-state index is -0.105. The zero-order valence-corrected chi connectivity index (χ0v) is 12.3. The number of benzene rings is 2. The zero-order chi connectivity index (χ0) is 15.1. The number of ether oxygens (including phenoxy) is 1. The molecular formula is C17H20N2O2. The van der Waals surface area contributed by atoms with E-state index in [0.29, 0.717) is 0 Å². The van der Waals surface area contributed by atoms with Crippen molar-refractivity contribution in [3.8, 4) is 5.75 Å². The van der Waals surface area contributed by atoms with Crippen LogP contribution in [0.1, 0.15) is 18.5 Å². The predicted octanol–water partition coefficient (Wildman–Crippen LogP) is 2.98. The number of hydrogen-bond donors (Lipinski definition) is 2. The summed E-state index contributed by atoms with van der Waals surface area (Å²) in [6.45, 7) is 2.18. The Kier molecular flexibility index (Phi) is 5.21. The summed E-state index contributed by atoms with van der Waals surface area (Å²) in [5.41, 5.74) is 1.89. The van der Waals surface area contributed by atoms with Crippen LogP contribution in [0.15, 0.2) is 54.6 Å². The molecule has 1 unspecified atom stereocenters. The molecule has 1 atom stereocenters. The second kappa shape index (κ2) is 7.33.